The normalized spacial score (nSPS) is 11.5. The van der Waals surface area contributed by atoms with Crippen LogP contribution in [0.15, 0.2) is 40.9 Å². The van der Waals surface area contributed by atoms with Crippen LogP contribution in [0.4, 0.5) is 23.2 Å². The molecule has 0 saturated heterocycles. The second-order valence-electron chi connectivity index (χ2n) is 4.28. The predicted molar refractivity (Wildman–Crippen MR) is 77.9 cm³/mol. The molecule has 1 nitrogen and oxygen atoms in total. The lowest BCUT2D eigenvalue weighted by molar-refractivity contribution is -0.138. The highest BCUT2D eigenvalue weighted by Crippen LogP contribution is 2.33. The van der Waals surface area contributed by atoms with Gasteiger partial charge in [0.1, 0.15) is 5.82 Å². The molecule has 2 aromatic rings. The van der Waals surface area contributed by atoms with Crippen LogP contribution in [0, 0.1) is 5.82 Å². The van der Waals surface area contributed by atoms with Gasteiger partial charge in [0.05, 0.1) is 16.3 Å². The Kier molecular flexibility index (Phi) is 4.78. The summed E-state index contributed by atoms with van der Waals surface area (Å²) < 4.78 is 52.4. The number of anilines is 1. The molecule has 0 fully saturated rings. The molecule has 2 rings (SSSR count). The van der Waals surface area contributed by atoms with E-state index in [1.54, 1.807) is 18.2 Å². The Labute approximate surface area is 132 Å². The molecule has 0 saturated carbocycles. The van der Waals surface area contributed by atoms with Crippen LogP contribution >= 0.6 is 27.5 Å². The Balaban J connectivity index is 2.26. The molecule has 0 aliphatic carbocycles. The van der Waals surface area contributed by atoms with Crippen LogP contribution < -0.4 is 5.32 Å². The van der Waals surface area contributed by atoms with Gasteiger partial charge in [0.25, 0.3) is 0 Å². The largest absolute Gasteiger partial charge is 0.416 e. The molecule has 1 N–H and O–H groups in total. The highest BCUT2D eigenvalue weighted by Gasteiger charge is 2.33. The summed E-state index contributed by atoms with van der Waals surface area (Å²) in [7, 11) is 0. The van der Waals surface area contributed by atoms with E-state index in [0.29, 0.717) is 16.8 Å². The molecule has 0 radical (unpaired) electrons. The second-order valence-corrected chi connectivity index (χ2v) is 5.60. The van der Waals surface area contributed by atoms with Crippen LogP contribution in [0.2, 0.25) is 5.02 Å². The summed E-state index contributed by atoms with van der Waals surface area (Å²) in [4.78, 5) is 0. The standard InChI is InChI=1S/C14H9BrClF4N/c15-9-2-4-12(16)13(5-9)21-7-8-1-3-10(17)6-11(8)14(18,19)20/h1-6,21H,7H2. The van der Waals surface area contributed by atoms with E-state index in [4.69, 9.17) is 11.6 Å². The molecule has 7 heteroatoms. The molecule has 0 aliphatic heterocycles. The van der Waals surface area contributed by atoms with Crippen molar-refractivity contribution < 1.29 is 17.6 Å². The third kappa shape index (κ3) is 4.11. The van der Waals surface area contributed by atoms with Gasteiger partial charge < -0.3 is 5.32 Å². The number of benzene rings is 2. The van der Waals surface area contributed by atoms with Crippen molar-refractivity contribution in [2.45, 2.75) is 12.7 Å². The van der Waals surface area contributed by atoms with Gasteiger partial charge in [-0.15, -0.1) is 0 Å². The van der Waals surface area contributed by atoms with Crippen molar-refractivity contribution in [3.8, 4) is 0 Å². The van der Waals surface area contributed by atoms with Crippen LogP contribution in [0.1, 0.15) is 11.1 Å². The number of nitrogens with one attached hydrogen (secondary N) is 1. The molecule has 0 aliphatic rings. The van der Waals surface area contributed by atoms with Crippen LogP contribution in [-0.2, 0) is 12.7 Å². The van der Waals surface area contributed by atoms with Crippen LogP contribution in [0.3, 0.4) is 0 Å². The maximum atomic E-state index is 13.0. The van der Waals surface area contributed by atoms with Gasteiger partial charge in [-0.3, -0.25) is 0 Å². The summed E-state index contributed by atoms with van der Waals surface area (Å²) in [6.45, 7) is -0.120. The lowest BCUT2D eigenvalue weighted by Gasteiger charge is -2.15. The SMILES string of the molecule is Fc1ccc(CNc2cc(Br)ccc2Cl)c(C(F)(F)F)c1. The maximum absolute atomic E-state index is 13.0. The van der Waals surface area contributed by atoms with Crippen LogP contribution in [0.25, 0.3) is 0 Å². The number of rotatable bonds is 3. The second kappa shape index (κ2) is 6.23. The zero-order chi connectivity index (χ0) is 15.6. The molecular weight excluding hydrogens is 374 g/mol. The molecule has 0 heterocycles. The summed E-state index contributed by atoms with van der Waals surface area (Å²) in [5, 5.41) is 3.20. The Bertz CT molecular complexity index is 658. The molecule has 0 bridgehead atoms. The lowest BCUT2D eigenvalue weighted by atomic mass is 10.1. The first kappa shape index (κ1) is 16.1. The van der Waals surface area contributed by atoms with E-state index in [9.17, 15) is 17.6 Å². The number of hydrogen-bond donors (Lipinski definition) is 1. The van der Waals surface area contributed by atoms with Gasteiger partial charge in [-0.05, 0) is 35.9 Å². The minimum Gasteiger partial charge on any atom is -0.380 e. The van der Waals surface area contributed by atoms with Gasteiger partial charge in [0.15, 0.2) is 0 Å². The molecule has 0 amide bonds. The van der Waals surface area contributed by atoms with E-state index in [0.717, 1.165) is 16.6 Å². The molecule has 0 unspecified atom stereocenters. The van der Waals surface area contributed by atoms with Gasteiger partial charge in [0.2, 0.25) is 0 Å². The van der Waals surface area contributed by atoms with Gasteiger partial charge in [-0.25, -0.2) is 4.39 Å². The zero-order valence-electron chi connectivity index (χ0n) is 10.4. The molecule has 0 spiro atoms. The van der Waals surface area contributed by atoms with Gasteiger partial charge in [-0.2, -0.15) is 13.2 Å². The van der Waals surface area contributed by atoms with Crippen molar-refractivity contribution in [2.24, 2.45) is 0 Å². The predicted octanol–water partition coefficient (Wildman–Crippen LogP) is 5.87. The third-order valence-electron chi connectivity index (χ3n) is 2.78. The van der Waals surface area contributed by atoms with E-state index < -0.39 is 17.6 Å². The molecule has 0 aromatic heterocycles. The first-order valence-electron chi connectivity index (χ1n) is 5.82. The first-order chi connectivity index (χ1) is 9.77. The van der Waals surface area contributed by atoms with Crippen molar-refractivity contribution in [3.63, 3.8) is 0 Å². The summed E-state index contributed by atoms with van der Waals surface area (Å²) in [5.74, 6) is -0.924. The van der Waals surface area contributed by atoms with Crippen molar-refractivity contribution in [3.05, 3.63) is 62.8 Å². The number of alkyl halides is 3. The molecule has 0 atom stereocenters. The fourth-order valence-electron chi connectivity index (χ4n) is 1.79. The van der Waals surface area contributed by atoms with Crippen LogP contribution in [-0.4, -0.2) is 0 Å². The third-order valence-corrected chi connectivity index (χ3v) is 3.60. The van der Waals surface area contributed by atoms with Gasteiger partial charge >= 0.3 is 6.18 Å². The maximum Gasteiger partial charge on any atom is 0.416 e. The highest BCUT2D eigenvalue weighted by molar-refractivity contribution is 9.10. The summed E-state index contributed by atoms with van der Waals surface area (Å²) in [6.07, 6.45) is -4.61. The monoisotopic (exact) mass is 381 g/mol. The van der Waals surface area contributed by atoms with E-state index in [1.807, 2.05) is 0 Å². The Hall–Kier alpha value is -1.27. The highest BCUT2D eigenvalue weighted by atomic mass is 79.9. The zero-order valence-corrected chi connectivity index (χ0v) is 12.8. The van der Waals surface area contributed by atoms with Crippen molar-refractivity contribution >= 4 is 33.2 Å². The minimum absolute atomic E-state index is 0.0556. The Morgan fingerprint density at radius 2 is 1.81 bits per heavy atom. The van der Waals surface area contributed by atoms with E-state index >= 15 is 0 Å². The molecule has 2 aromatic carbocycles. The Morgan fingerprint density at radius 3 is 2.48 bits per heavy atom. The minimum atomic E-state index is -4.61. The fraction of sp³-hybridized carbons (Fsp3) is 0.143. The fourth-order valence-corrected chi connectivity index (χ4v) is 2.34. The number of hydrogen-bond acceptors (Lipinski definition) is 1. The first-order valence-corrected chi connectivity index (χ1v) is 6.99. The topological polar surface area (TPSA) is 12.0 Å². The van der Waals surface area contributed by atoms with E-state index in [1.165, 1.54) is 0 Å². The average molecular weight is 383 g/mol. The van der Waals surface area contributed by atoms with Gasteiger partial charge in [0, 0.05) is 11.0 Å². The summed E-state index contributed by atoms with van der Waals surface area (Å²) in [5.41, 5.74) is -0.565. The average Bonchev–Trinajstić information content (AvgIpc) is 2.40. The van der Waals surface area contributed by atoms with Gasteiger partial charge in [-0.1, -0.05) is 33.6 Å². The molecule has 21 heavy (non-hydrogen) atoms. The molecular formula is C14H9BrClF4N. The van der Waals surface area contributed by atoms with E-state index in [-0.39, 0.29) is 12.1 Å². The lowest BCUT2D eigenvalue weighted by Crippen LogP contribution is -2.12. The molecule has 112 valence electrons. The van der Waals surface area contributed by atoms with Crippen molar-refractivity contribution in [1.29, 1.82) is 0 Å². The summed E-state index contributed by atoms with van der Waals surface area (Å²) in [6, 6.07) is 7.57. The van der Waals surface area contributed by atoms with E-state index in [2.05, 4.69) is 21.2 Å². The summed E-state index contributed by atoms with van der Waals surface area (Å²) >= 11 is 9.20. The Morgan fingerprint density at radius 1 is 1.10 bits per heavy atom. The van der Waals surface area contributed by atoms with Crippen LogP contribution in [0.5, 0.6) is 0 Å². The van der Waals surface area contributed by atoms with Crippen molar-refractivity contribution in [1.82, 2.24) is 0 Å². The van der Waals surface area contributed by atoms with Crippen molar-refractivity contribution in [2.75, 3.05) is 5.32 Å². The smallest absolute Gasteiger partial charge is 0.380 e. The quantitative estimate of drug-likeness (QED) is 0.654. The number of halogens is 6.